The summed E-state index contributed by atoms with van der Waals surface area (Å²) in [5.41, 5.74) is 4.71. The second-order valence-electron chi connectivity index (χ2n) is 8.16. The molecule has 31 heavy (non-hydrogen) atoms. The third-order valence-electron chi connectivity index (χ3n) is 6.20. The van der Waals surface area contributed by atoms with Crippen LogP contribution < -0.4 is 5.32 Å². The van der Waals surface area contributed by atoms with E-state index < -0.39 is 0 Å². The first-order valence-corrected chi connectivity index (χ1v) is 11.2. The van der Waals surface area contributed by atoms with E-state index in [9.17, 15) is 0 Å². The van der Waals surface area contributed by atoms with Crippen molar-refractivity contribution in [2.75, 3.05) is 11.9 Å². The molecule has 162 valence electrons. The molecular weight excluding hydrogens is 390 g/mol. The summed E-state index contributed by atoms with van der Waals surface area (Å²) >= 11 is 0. The summed E-state index contributed by atoms with van der Waals surface area (Å²) in [5, 5.41) is 8.19. The molecule has 0 unspecified atom stereocenters. The molecule has 8 heteroatoms. The maximum Gasteiger partial charge on any atom is 0.241 e. The van der Waals surface area contributed by atoms with Crippen LogP contribution in [0.1, 0.15) is 45.4 Å². The van der Waals surface area contributed by atoms with Gasteiger partial charge >= 0.3 is 0 Å². The van der Waals surface area contributed by atoms with Gasteiger partial charge in [-0.15, -0.1) is 5.10 Å². The number of aryl methyl sites for hydroxylation is 2. The molecule has 1 saturated carbocycles. The van der Waals surface area contributed by atoms with Gasteiger partial charge in [0.15, 0.2) is 5.65 Å². The Hall–Kier alpha value is -3.00. The largest absolute Gasteiger partial charge is 0.379 e. The molecule has 4 aromatic heterocycles. The number of ether oxygens (including phenoxy) is 1. The molecule has 1 N–H and O–H groups in total. The van der Waals surface area contributed by atoms with Gasteiger partial charge in [-0.3, -0.25) is 0 Å². The maximum absolute atomic E-state index is 5.75. The topological polar surface area (TPSA) is 82.2 Å². The van der Waals surface area contributed by atoms with E-state index in [0.29, 0.717) is 18.1 Å². The maximum atomic E-state index is 5.75. The van der Waals surface area contributed by atoms with Gasteiger partial charge in [0.2, 0.25) is 5.95 Å². The van der Waals surface area contributed by atoms with Crippen molar-refractivity contribution in [2.45, 2.75) is 65.1 Å². The second-order valence-corrected chi connectivity index (χ2v) is 8.16. The minimum atomic E-state index is 0.394. The number of fused-ring (bicyclic) bond motifs is 2. The van der Waals surface area contributed by atoms with Crippen molar-refractivity contribution in [3.05, 3.63) is 36.4 Å². The Labute approximate surface area is 181 Å². The highest BCUT2D eigenvalue weighted by atomic mass is 16.5. The van der Waals surface area contributed by atoms with E-state index >= 15 is 0 Å². The lowest BCUT2D eigenvalue weighted by molar-refractivity contribution is 0.0346. The summed E-state index contributed by atoms with van der Waals surface area (Å²) in [6, 6.07) is 6.50. The van der Waals surface area contributed by atoms with E-state index in [1.54, 1.807) is 0 Å². The molecule has 5 rings (SSSR count). The third kappa shape index (κ3) is 3.76. The number of aromatic nitrogens is 6. The SMILES string of the molecule is CCOC1CCC(Nc2ncc3c(-c4ccc5nc(C)n(CC)c5n4)ccn3n2)CC1. The highest BCUT2D eigenvalue weighted by molar-refractivity contribution is 5.82. The smallest absolute Gasteiger partial charge is 0.241 e. The van der Waals surface area contributed by atoms with Crippen LogP contribution in [0, 0.1) is 6.92 Å². The van der Waals surface area contributed by atoms with Crippen LogP contribution in [0.4, 0.5) is 5.95 Å². The number of anilines is 1. The Balaban J connectivity index is 1.38. The summed E-state index contributed by atoms with van der Waals surface area (Å²) in [4.78, 5) is 14.1. The van der Waals surface area contributed by atoms with E-state index in [2.05, 4.69) is 44.9 Å². The molecule has 0 aromatic carbocycles. The lowest BCUT2D eigenvalue weighted by Gasteiger charge is -2.28. The normalized spacial score (nSPS) is 19.3. The quantitative estimate of drug-likeness (QED) is 0.504. The van der Waals surface area contributed by atoms with E-state index in [0.717, 1.165) is 72.6 Å². The zero-order chi connectivity index (χ0) is 21.4. The first-order valence-electron chi connectivity index (χ1n) is 11.2. The van der Waals surface area contributed by atoms with Crippen molar-refractivity contribution in [2.24, 2.45) is 0 Å². The van der Waals surface area contributed by atoms with Crippen LogP contribution in [0.2, 0.25) is 0 Å². The lowest BCUT2D eigenvalue weighted by atomic mass is 9.93. The Morgan fingerprint density at radius 1 is 1.10 bits per heavy atom. The number of rotatable bonds is 6. The zero-order valence-electron chi connectivity index (χ0n) is 18.4. The van der Waals surface area contributed by atoms with E-state index in [4.69, 9.17) is 9.72 Å². The predicted octanol–water partition coefficient (Wildman–Crippen LogP) is 4.23. The number of hydrogen-bond acceptors (Lipinski definition) is 6. The van der Waals surface area contributed by atoms with Crippen LogP contribution in [0.15, 0.2) is 30.6 Å². The first kappa shape index (κ1) is 19.9. The predicted molar refractivity (Wildman–Crippen MR) is 121 cm³/mol. The molecule has 1 aliphatic carbocycles. The molecule has 0 amide bonds. The van der Waals surface area contributed by atoms with Gasteiger partial charge < -0.3 is 14.6 Å². The van der Waals surface area contributed by atoms with Gasteiger partial charge in [-0.1, -0.05) is 0 Å². The molecule has 4 aromatic rings. The average Bonchev–Trinajstić information content (AvgIpc) is 3.34. The van der Waals surface area contributed by atoms with Gasteiger partial charge in [-0.05, 0) is 64.7 Å². The molecule has 0 bridgehead atoms. The van der Waals surface area contributed by atoms with Crippen molar-refractivity contribution >= 4 is 22.6 Å². The third-order valence-corrected chi connectivity index (χ3v) is 6.20. The molecule has 0 spiro atoms. The van der Waals surface area contributed by atoms with Gasteiger partial charge in [0, 0.05) is 31.0 Å². The van der Waals surface area contributed by atoms with Crippen molar-refractivity contribution < 1.29 is 4.74 Å². The van der Waals surface area contributed by atoms with Crippen molar-refractivity contribution in [3.8, 4) is 11.3 Å². The minimum Gasteiger partial charge on any atom is -0.379 e. The number of pyridine rings is 1. The Bertz CT molecular complexity index is 1200. The molecule has 4 heterocycles. The summed E-state index contributed by atoms with van der Waals surface area (Å²) in [7, 11) is 0. The fourth-order valence-corrected chi connectivity index (χ4v) is 4.62. The van der Waals surface area contributed by atoms with Gasteiger partial charge in [0.05, 0.1) is 23.5 Å². The second kappa shape index (κ2) is 8.26. The molecule has 0 saturated heterocycles. The lowest BCUT2D eigenvalue weighted by Crippen LogP contribution is -2.30. The molecule has 8 nitrogen and oxygen atoms in total. The fourth-order valence-electron chi connectivity index (χ4n) is 4.62. The van der Waals surface area contributed by atoms with Crippen LogP contribution in [-0.2, 0) is 11.3 Å². The van der Waals surface area contributed by atoms with Gasteiger partial charge in [-0.2, -0.15) is 0 Å². The van der Waals surface area contributed by atoms with Crippen LogP contribution in [0.3, 0.4) is 0 Å². The minimum absolute atomic E-state index is 0.394. The summed E-state index contributed by atoms with van der Waals surface area (Å²) in [5.74, 6) is 1.65. The molecule has 0 atom stereocenters. The first-order chi connectivity index (χ1) is 15.2. The van der Waals surface area contributed by atoms with E-state index in [1.807, 2.05) is 36.0 Å². The molecule has 1 aliphatic rings. The van der Waals surface area contributed by atoms with Crippen LogP contribution in [-0.4, -0.2) is 47.9 Å². The highest BCUT2D eigenvalue weighted by Gasteiger charge is 2.22. The number of nitrogens with zero attached hydrogens (tertiary/aromatic N) is 6. The Kier molecular flexibility index (Phi) is 5.31. The average molecular weight is 420 g/mol. The van der Waals surface area contributed by atoms with E-state index in [1.165, 1.54) is 0 Å². The zero-order valence-corrected chi connectivity index (χ0v) is 18.4. The summed E-state index contributed by atoms with van der Waals surface area (Å²) in [6.45, 7) is 7.83. The van der Waals surface area contributed by atoms with Crippen LogP contribution in [0.25, 0.3) is 27.9 Å². The van der Waals surface area contributed by atoms with Gasteiger partial charge in [0.1, 0.15) is 11.3 Å². The van der Waals surface area contributed by atoms with Crippen LogP contribution >= 0.6 is 0 Å². The van der Waals surface area contributed by atoms with Crippen molar-refractivity contribution in [3.63, 3.8) is 0 Å². The number of hydrogen-bond donors (Lipinski definition) is 1. The van der Waals surface area contributed by atoms with Gasteiger partial charge in [0.25, 0.3) is 0 Å². The summed E-state index contributed by atoms with van der Waals surface area (Å²) in [6.07, 6.45) is 8.58. The summed E-state index contributed by atoms with van der Waals surface area (Å²) < 4.78 is 9.77. The van der Waals surface area contributed by atoms with Crippen molar-refractivity contribution in [1.29, 1.82) is 0 Å². The highest BCUT2D eigenvalue weighted by Crippen LogP contribution is 2.27. The Morgan fingerprint density at radius 2 is 1.94 bits per heavy atom. The fraction of sp³-hybridized carbons (Fsp3) is 0.478. The molecule has 0 radical (unpaired) electrons. The standard InChI is InChI=1S/C23H29N7O/c1-4-29-15(3)25-20-11-10-19(27-22(20)29)18-12-13-30-21(18)14-24-23(28-30)26-16-6-8-17(9-7-16)31-5-2/h10-14,16-17H,4-9H2,1-3H3,(H,26,28). The number of nitrogens with one attached hydrogen (secondary N) is 1. The molecular formula is C23H29N7O. The Morgan fingerprint density at radius 3 is 2.71 bits per heavy atom. The van der Waals surface area contributed by atoms with Crippen LogP contribution in [0.5, 0.6) is 0 Å². The monoisotopic (exact) mass is 419 g/mol. The van der Waals surface area contributed by atoms with E-state index in [-0.39, 0.29) is 0 Å². The molecule has 1 fully saturated rings. The van der Waals surface area contributed by atoms with Crippen molar-refractivity contribution in [1.82, 2.24) is 29.1 Å². The van der Waals surface area contributed by atoms with Gasteiger partial charge in [-0.25, -0.2) is 19.5 Å². The number of imidazole rings is 1. The molecule has 0 aliphatic heterocycles.